The second kappa shape index (κ2) is 5.56. The van der Waals surface area contributed by atoms with Crippen LogP contribution in [0.4, 0.5) is 14.9 Å². The Bertz CT molecular complexity index is 667. The summed E-state index contributed by atoms with van der Waals surface area (Å²) in [6.45, 7) is 3.19. The van der Waals surface area contributed by atoms with Crippen molar-refractivity contribution in [3.63, 3.8) is 0 Å². The van der Waals surface area contributed by atoms with Crippen LogP contribution in [0.3, 0.4) is 0 Å². The van der Waals surface area contributed by atoms with E-state index in [0.717, 1.165) is 16.8 Å². The third kappa shape index (κ3) is 2.89. The molecule has 2 aromatic carbocycles. The highest BCUT2D eigenvalue weighted by atomic mass is 19.1. The van der Waals surface area contributed by atoms with Gasteiger partial charge in [-0.05, 0) is 42.7 Å². The van der Waals surface area contributed by atoms with E-state index in [0.29, 0.717) is 19.5 Å². The molecule has 0 atom stereocenters. The van der Waals surface area contributed by atoms with E-state index in [9.17, 15) is 9.18 Å². The maximum absolute atomic E-state index is 12.9. The molecular formula is C17H17FN2O. The molecule has 4 heteroatoms. The molecule has 0 spiro atoms. The largest absolute Gasteiger partial charge is 0.334 e. The zero-order valence-electron chi connectivity index (χ0n) is 11.9. The number of amides is 2. The van der Waals surface area contributed by atoms with Gasteiger partial charge in [0, 0.05) is 13.1 Å². The molecule has 21 heavy (non-hydrogen) atoms. The van der Waals surface area contributed by atoms with Crippen LogP contribution in [0, 0.1) is 12.7 Å². The van der Waals surface area contributed by atoms with Crippen LogP contribution in [0.25, 0.3) is 0 Å². The van der Waals surface area contributed by atoms with Gasteiger partial charge >= 0.3 is 6.03 Å². The van der Waals surface area contributed by atoms with Crippen molar-refractivity contribution < 1.29 is 9.18 Å². The first-order chi connectivity index (χ1) is 10.1. The number of nitrogens with one attached hydrogen (secondary N) is 1. The van der Waals surface area contributed by atoms with Gasteiger partial charge in [0.2, 0.25) is 0 Å². The number of hydrogen-bond donors (Lipinski definition) is 1. The van der Waals surface area contributed by atoms with Gasteiger partial charge in [-0.2, -0.15) is 0 Å². The number of fused-ring (bicyclic) bond motifs is 1. The number of anilines is 1. The minimum atomic E-state index is -0.240. The Hall–Kier alpha value is -2.36. The van der Waals surface area contributed by atoms with Crippen molar-refractivity contribution >= 4 is 11.7 Å². The second-order valence-corrected chi connectivity index (χ2v) is 5.32. The minimum Gasteiger partial charge on any atom is -0.334 e. The number of rotatable bonds is 3. The lowest BCUT2D eigenvalue weighted by atomic mass is 10.1. The van der Waals surface area contributed by atoms with Crippen LogP contribution in [0.2, 0.25) is 0 Å². The zero-order valence-corrected chi connectivity index (χ0v) is 11.9. The molecule has 1 aliphatic heterocycles. The highest BCUT2D eigenvalue weighted by Crippen LogP contribution is 2.25. The second-order valence-electron chi connectivity index (χ2n) is 5.32. The molecule has 0 saturated carbocycles. The first-order valence-corrected chi connectivity index (χ1v) is 7.03. The lowest BCUT2D eigenvalue weighted by Gasteiger charge is -2.30. The van der Waals surface area contributed by atoms with Gasteiger partial charge in [0.25, 0.3) is 0 Å². The third-order valence-corrected chi connectivity index (χ3v) is 3.74. The maximum Gasteiger partial charge on any atom is 0.322 e. The summed E-state index contributed by atoms with van der Waals surface area (Å²) >= 11 is 0. The van der Waals surface area contributed by atoms with E-state index < -0.39 is 0 Å². The molecule has 2 aromatic rings. The molecule has 0 aromatic heterocycles. The Morgan fingerprint density at radius 1 is 1.19 bits per heavy atom. The molecule has 3 nitrogen and oxygen atoms in total. The van der Waals surface area contributed by atoms with Crippen LogP contribution in [0.15, 0.2) is 42.5 Å². The lowest BCUT2D eigenvalue weighted by molar-refractivity contribution is 0.244. The first kappa shape index (κ1) is 13.6. The molecule has 0 bridgehead atoms. The number of carbonyl (C=O) groups excluding carboxylic acids is 1. The van der Waals surface area contributed by atoms with Gasteiger partial charge in [-0.3, -0.25) is 4.90 Å². The van der Waals surface area contributed by atoms with Crippen LogP contribution >= 0.6 is 0 Å². The SMILES string of the molecule is Cc1ccc2c(c1)CNC(=O)N2CCc1ccc(F)cc1. The van der Waals surface area contributed by atoms with Crippen molar-refractivity contribution in [1.29, 1.82) is 0 Å². The maximum atomic E-state index is 12.9. The molecule has 2 amide bonds. The van der Waals surface area contributed by atoms with Crippen LogP contribution in [-0.4, -0.2) is 12.6 Å². The van der Waals surface area contributed by atoms with Crippen molar-refractivity contribution in [3.8, 4) is 0 Å². The van der Waals surface area contributed by atoms with Gasteiger partial charge in [-0.15, -0.1) is 0 Å². The molecule has 108 valence electrons. The van der Waals surface area contributed by atoms with Crippen LogP contribution < -0.4 is 10.2 Å². The zero-order chi connectivity index (χ0) is 14.8. The fraction of sp³-hybridized carbons (Fsp3) is 0.235. The molecule has 3 rings (SSSR count). The lowest BCUT2D eigenvalue weighted by Crippen LogP contribution is -2.45. The summed E-state index contributed by atoms with van der Waals surface area (Å²) in [6, 6.07) is 12.4. The Labute approximate surface area is 123 Å². The smallest absolute Gasteiger partial charge is 0.322 e. The summed E-state index contributed by atoms with van der Waals surface area (Å²) in [5.74, 6) is -0.240. The predicted molar refractivity (Wildman–Crippen MR) is 80.9 cm³/mol. The summed E-state index contributed by atoms with van der Waals surface area (Å²) in [4.78, 5) is 13.8. The molecule has 1 aliphatic rings. The number of urea groups is 1. The van der Waals surface area contributed by atoms with E-state index in [1.165, 1.54) is 17.7 Å². The van der Waals surface area contributed by atoms with Crippen LogP contribution in [-0.2, 0) is 13.0 Å². The Morgan fingerprint density at radius 2 is 1.95 bits per heavy atom. The van der Waals surface area contributed by atoms with Crippen LogP contribution in [0.1, 0.15) is 16.7 Å². The van der Waals surface area contributed by atoms with Crippen molar-refractivity contribution in [3.05, 3.63) is 65.0 Å². The van der Waals surface area contributed by atoms with Gasteiger partial charge in [0.1, 0.15) is 5.82 Å². The molecule has 0 fully saturated rings. The number of hydrogen-bond acceptors (Lipinski definition) is 1. The van der Waals surface area contributed by atoms with Gasteiger partial charge < -0.3 is 5.32 Å². The van der Waals surface area contributed by atoms with E-state index in [-0.39, 0.29) is 11.8 Å². The number of carbonyl (C=O) groups is 1. The van der Waals surface area contributed by atoms with E-state index in [2.05, 4.69) is 11.4 Å². The van der Waals surface area contributed by atoms with Crippen molar-refractivity contribution in [2.24, 2.45) is 0 Å². The summed E-state index contributed by atoms with van der Waals surface area (Å²) < 4.78 is 12.9. The third-order valence-electron chi connectivity index (χ3n) is 3.74. The van der Waals surface area contributed by atoms with Gasteiger partial charge in [0.05, 0.1) is 5.69 Å². The molecule has 1 heterocycles. The molecule has 1 N–H and O–H groups in total. The highest BCUT2D eigenvalue weighted by molar-refractivity contribution is 5.94. The Kier molecular flexibility index (Phi) is 3.60. The summed E-state index contributed by atoms with van der Waals surface area (Å²) in [5.41, 5.74) is 4.30. The first-order valence-electron chi connectivity index (χ1n) is 7.03. The minimum absolute atomic E-state index is 0.0755. The van der Waals surface area contributed by atoms with E-state index >= 15 is 0 Å². The normalized spacial score (nSPS) is 13.8. The van der Waals surface area contributed by atoms with Crippen molar-refractivity contribution in [1.82, 2.24) is 5.32 Å². The molecule has 0 unspecified atom stereocenters. The standard InChI is InChI=1S/C17H17FN2O/c1-12-2-7-16-14(10-12)11-19-17(21)20(16)9-8-13-3-5-15(18)6-4-13/h2-7,10H,8-9,11H2,1H3,(H,19,21). The molecule has 0 saturated heterocycles. The fourth-order valence-electron chi connectivity index (χ4n) is 2.61. The number of aryl methyl sites for hydroxylation is 1. The van der Waals surface area contributed by atoms with E-state index in [4.69, 9.17) is 0 Å². The van der Waals surface area contributed by atoms with E-state index in [1.54, 1.807) is 17.0 Å². The predicted octanol–water partition coefficient (Wildman–Crippen LogP) is 3.41. The number of benzene rings is 2. The van der Waals surface area contributed by atoms with E-state index in [1.807, 2.05) is 19.1 Å². The quantitative estimate of drug-likeness (QED) is 0.920. The Balaban J connectivity index is 1.78. The highest BCUT2D eigenvalue weighted by Gasteiger charge is 2.23. The average Bonchev–Trinajstić information content (AvgIpc) is 2.48. The van der Waals surface area contributed by atoms with Gasteiger partial charge in [-0.25, -0.2) is 9.18 Å². The summed E-state index contributed by atoms with van der Waals surface area (Å²) in [6.07, 6.45) is 0.695. The summed E-state index contributed by atoms with van der Waals surface area (Å²) in [5, 5.41) is 2.89. The molecular weight excluding hydrogens is 267 g/mol. The topological polar surface area (TPSA) is 32.3 Å². The van der Waals surface area contributed by atoms with Crippen molar-refractivity contribution in [2.45, 2.75) is 19.9 Å². The number of halogens is 1. The Morgan fingerprint density at radius 3 is 2.71 bits per heavy atom. The number of nitrogens with zero attached hydrogens (tertiary/aromatic N) is 1. The van der Waals surface area contributed by atoms with Gasteiger partial charge in [-0.1, -0.05) is 29.8 Å². The van der Waals surface area contributed by atoms with Crippen molar-refractivity contribution in [2.75, 3.05) is 11.4 Å². The van der Waals surface area contributed by atoms with Gasteiger partial charge in [0.15, 0.2) is 0 Å². The molecule has 0 radical (unpaired) electrons. The average molecular weight is 284 g/mol. The monoisotopic (exact) mass is 284 g/mol. The summed E-state index contributed by atoms with van der Waals surface area (Å²) in [7, 11) is 0. The fourth-order valence-corrected chi connectivity index (χ4v) is 2.61. The molecule has 0 aliphatic carbocycles. The van der Waals surface area contributed by atoms with Crippen LogP contribution in [0.5, 0.6) is 0 Å².